The molecule has 0 aromatic heterocycles. The number of carbonyl (C=O) groups excluding carboxylic acids is 1. The van der Waals surface area contributed by atoms with Crippen LogP contribution in [0, 0.1) is 11.8 Å². The van der Waals surface area contributed by atoms with Gasteiger partial charge in [0, 0.05) is 18.2 Å². The van der Waals surface area contributed by atoms with Crippen molar-refractivity contribution in [1.82, 2.24) is 0 Å². The summed E-state index contributed by atoms with van der Waals surface area (Å²) in [5, 5.41) is 10.8. The van der Waals surface area contributed by atoms with Gasteiger partial charge in [0.25, 0.3) is 5.91 Å². The third-order valence-electron chi connectivity index (χ3n) is 3.72. The maximum Gasteiger partial charge on any atom is 0.264 e. The molecular weight excluding hydrogens is 262 g/mol. The number of amides is 1. The minimum atomic E-state index is -1.55. The fourth-order valence-corrected chi connectivity index (χ4v) is 2.58. The molecule has 1 atom stereocenters. The van der Waals surface area contributed by atoms with Crippen molar-refractivity contribution in [3.63, 3.8) is 0 Å². The van der Waals surface area contributed by atoms with E-state index in [1.807, 2.05) is 48.5 Å². The fourth-order valence-electron chi connectivity index (χ4n) is 2.58. The molecule has 3 heteroatoms. The largest absolute Gasteiger partial charge is 0.374 e. The van der Waals surface area contributed by atoms with E-state index in [1.54, 1.807) is 13.1 Å². The minimum absolute atomic E-state index is 0.0854. The molecule has 0 fully saturated rings. The van der Waals surface area contributed by atoms with E-state index in [4.69, 9.17) is 0 Å². The number of para-hydroxylation sites is 1. The molecule has 1 amide bonds. The molecule has 2 aromatic carbocycles. The number of likely N-dealkylation sites (N-methyl/N-ethyl adjacent to an activating group) is 1. The fraction of sp³-hybridized carbons (Fsp3) is 0.167. The van der Waals surface area contributed by atoms with Crippen LogP contribution in [0.5, 0.6) is 0 Å². The second-order valence-electron chi connectivity index (χ2n) is 5.09. The summed E-state index contributed by atoms with van der Waals surface area (Å²) in [5.74, 6) is 5.58. The van der Waals surface area contributed by atoms with Crippen molar-refractivity contribution in [3.05, 3.63) is 65.7 Å². The number of aliphatic hydroxyl groups is 1. The van der Waals surface area contributed by atoms with E-state index >= 15 is 0 Å². The van der Waals surface area contributed by atoms with Gasteiger partial charge in [-0.15, -0.1) is 0 Å². The third-order valence-corrected chi connectivity index (χ3v) is 3.72. The topological polar surface area (TPSA) is 40.5 Å². The molecule has 0 bridgehead atoms. The first kappa shape index (κ1) is 13.4. The zero-order valence-electron chi connectivity index (χ0n) is 11.7. The Bertz CT molecular complexity index is 743. The molecule has 3 rings (SSSR count). The lowest BCUT2D eigenvalue weighted by atomic mass is 9.92. The molecule has 1 heterocycles. The molecule has 1 unspecified atom stereocenters. The van der Waals surface area contributed by atoms with Gasteiger partial charge >= 0.3 is 0 Å². The van der Waals surface area contributed by atoms with Gasteiger partial charge in [-0.05, 0) is 18.2 Å². The van der Waals surface area contributed by atoms with Gasteiger partial charge in [-0.1, -0.05) is 48.2 Å². The quantitative estimate of drug-likeness (QED) is 0.812. The molecule has 3 nitrogen and oxygen atoms in total. The Morgan fingerprint density at radius 2 is 1.76 bits per heavy atom. The third kappa shape index (κ3) is 2.20. The Morgan fingerprint density at radius 3 is 2.52 bits per heavy atom. The number of anilines is 1. The Hall–Kier alpha value is -2.57. The van der Waals surface area contributed by atoms with Gasteiger partial charge in [-0.3, -0.25) is 4.79 Å². The predicted molar refractivity (Wildman–Crippen MR) is 81.7 cm³/mol. The molecule has 104 valence electrons. The van der Waals surface area contributed by atoms with Gasteiger partial charge in [0.2, 0.25) is 0 Å². The lowest BCUT2D eigenvalue weighted by molar-refractivity contribution is -0.135. The monoisotopic (exact) mass is 277 g/mol. The summed E-state index contributed by atoms with van der Waals surface area (Å²) in [6.07, 6.45) is 0.0854. The number of benzene rings is 2. The molecule has 21 heavy (non-hydrogen) atoms. The first-order valence-electron chi connectivity index (χ1n) is 6.77. The molecule has 1 aliphatic heterocycles. The van der Waals surface area contributed by atoms with E-state index in [0.717, 1.165) is 11.3 Å². The highest BCUT2D eigenvalue weighted by atomic mass is 16.3. The highest BCUT2D eigenvalue weighted by Gasteiger charge is 2.47. The first-order chi connectivity index (χ1) is 10.1. The summed E-state index contributed by atoms with van der Waals surface area (Å²) in [6.45, 7) is 0. The van der Waals surface area contributed by atoms with Crippen molar-refractivity contribution in [2.45, 2.75) is 12.0 Å². The average molecular weight is 277 g/mol. The van der Waals surface area contributed by atoms with Crippen LogP contribution in [0.25, 0.3) is 0 Å². The smallest absolute Gasteiger partial charge is 0.264 e. The van der Waals surface area contributed by atoms with Gasteiger partial charge < -0.3 is 10.0 Å². The van der Waals surface area contributed by atoms with Crippen molar-refractivity contribution in [2.75, 3.05) is 11.9 Å². The van der Waals surface area contributed by atoms with Crippen LogP contribution in [-0.4, -0.2) is 18.1 Å². The summed E-state index contributed by atoms with van der Waals surface area (Å²) >= 11 is 0. The van der Waals surface area contributed by atoms with Crippen LogP contribution >= 0.6 is 0 Å². The molecular formula is C18H15NO2. The van der Waals surface area contributed by atoms with Crippen molar-refractivity contribution < 1.29 is 9.90 Å². The summed E-state index contributed by atoms with van der Waals surface area (Å²) < 4.78 is 0. The van der Waals surface area contributed by atoms with E-state index in [1.165, 1.54) is 4.90 Å². The molecule has 0 saturated carbocycles. The number of carbonyl (C=O) groups is 1. The van der Waals surface area contributed by atoms with E-state index in [0.29, 0.717) is 5.56 Å². The zero-order valence-corrected chi connectivity index (χ0v) is 11.7. The van der Waals surface area contributed by atoms with Crippen LogP contribution in [0.2, 0.25) is 0 Å². The first-order valence-corrected chi connectivity index (χ1v) is 6.77. The number of nitrogens with zero attached hydrogens (tertiary/aromatic N) is 1. The molecule has 0 aliphatic carbocycles. The maximum absolute atomic E-state index is 12.3. The van der Waals surface area contributed by atoms with Crippen molar-refractivity contribution in [2.24, 2.45) is 0 Å². The van der Waals surface area contributed by atoms with Crippen LogP contribution in [0.4, 0.5) is 5.69 Å². The van der Waals surface area contributed by atoms with Crippen molar-refractivity contribution >= 4 is 11.6 Å². The number of fused-ring (bicyclic) bond motifs is 1. The van der Waals surface area contributed by atoms with Gasteiger partial charge in [-0.2, -0.15) is 0 Å². The minimum Gasteiger partial charge on any atom is -0.374 e. The molecule has 0 radical (unpaired) electrons. The average Bonchev–Trinajstić information content (AvgIpc) is 2.71. The van der Waals surface area contributed by atoms with E-state index < -0.39 is 5.60 Å². The van der Waals surface area contributed by atoms with Crippen LogP contribution in [-0.2, 0) is 10.4 Å². The van der Waals surface area contributed by atoms with Crippen LogP contribution in [0.1, 0.15) is 17.5 Å². The van der Waals surface area contributed by atoms with E-state index in [2.05, 4.69) is 11.8 Å². The number of hydrogen-bond donors (Lipinski definition) is 1. The van der Waals surface area contributed by atoms with Crippen LogP contribution < -0.4 is 4.90 Å². The van der Waals surface area contributed by atoms with Crippen LogP contribution in [0.15, 0.2) is 54.6 Å². The normalized spacial score (nSPS) is 19.9. The number of hydrogen-bond acceptors (Lipinski definition) is 2. The number of rotatable bonds is 1. The maximum atomic E-state index is 12.3. The second-order valence-corrected chi connectivity index (χ2v) is 5.09. The summed E-state index contributed by atoms with van der Waals surface area (Å²) in [4.78, 5) is 13.8. The van der Waals surface area contributed by atoms with Gasteiger partial charge in [-0.25, -0.2) is 0 Å². The van der Waals surface area contributed by atoms with E-state index in [-0.39, 0.29) is 12.3 Å². The van der Waals surface area contributed by atoms with Gasteiger partial charge in [0.05, 0.1) is 12.1 Å². The van der Waals surface area contributed by atoms with Crippen molar-refractivity contribution in [1.29, 1.82) is 0 Å². The van der Waals surface area contributed by atoms with Crippen LogP contribution in [0.3, 0.4) is 0 Å². The highest BCUT2D eigenvalue weighted by Crippen LogP contribution is 2.41. The lowest BCUT2D eigenvalue weighted by Gasteiger charge is -2.18. The SMILES string of the molecule is CN1C(=O)C(O)(CC#Cc2ccccc2)c2ccccc21. The molecule has 0 saturated heterocycles. The predicted octanol–water partition coefficient (Wildman–Crippen LogP) is 2.29. The van der Waals surface area contributed by atoms with Crippen molar-refractivity contribution in [3.8, 4) is 11.8 Å². The standard InChI is InChI=1S/C18H15NO2/c1-19-16-12-6-5-11-15(16)18(21,17(19)20)13-7-10-14-8-3-2-4-9-14/h2-6,8-9,11-12,21H,13H2,1H3. The Labute approximate surface area is 123 Å². The lowest BCUT2D eigenvalue weighted by Crippen LogP contribution is -2.38. The summed E-state index contributed by atoms with van der Waals surface area (Å²) in [6, 6.07) is 16.8. The molecule has 0 spiro atoms. The van der Waals surface area contributed by atoms with Gasteiger partial charge in [0.1, 0.15) is 0 Å². The highest BCUT2D eigenvalue weighted by molar-refractivity contribution is 6.06. The molecule has 1 aliphatic rings. The second kappa shape index (κ2) is 5.08. The molecule has 2 aromatic rings. The zero-order chi connectivity index (χ0) is 14.9. The Morgan fingerprint density at radius 1 is 1.10 bits per heavy atom. The summed E-state index contributed by atoms with van der Waals surface area (Å²) in [5.41, 5.74) is 0.687. The van der Waals surface area contributed by atoms with Gasteiger partial charge in [0.15, 0.2) is 5.60 Å². The van der Waals surface area contributed by atoms with E-state index in [9.17, 15) is 9.90 Å². The summed E-state index contributed by atoms with van der Waals surface area (Å²) in [7, 11) is 1.67. The molecule has 1 N–H and O–H groups in total. The Balaban J connectivity index is 1.92. The Kier molecular flexibility index (Phi) is 3.25.